The molecule has 0 aromatic carbocycles. The van der Waals surface area contributed by atoms with Crippen LogP contribution in [0.25, 0.3) is 0 Å². The maximum absolute atomic E-state index is 10.6. The van der Waals surface area contributed by atoms with Crippen LogP contribution in [-0.2, 0) is 22.9 Å². The molecule has 2 aliphatic rings. The number of hydrogen-bond acceptors (Lipinski definition) is 5. The molecule has 6 heteroatoms. The minimum absolute atomic E-state index is 0.422. The first kappa shape index (κ1) is 12.1. The molecule has 18 heavy (non-hydrogen) atoms. The van der Waals surface area contributed by atoms with Gasteiger partial charge in [0.05, 0.1) is 24.5 Å². The van der Waals surface area contributed by atoms with E-state index in [9.17, 15) is 5.11 Å². The lowest BCUT2D eigenvalue weighted by molar-refractivity contribution is -0.202. The Kier molecular flexibility index (Phi) is 2.88. The van der Waals surface area contributed by atoms with Gasteiger partial charge in [-0.3, -0.25) is 4.68 Å². The molecule has 1 aromatic rings. The third-order valence-electron chi connectivity index (χ3n) is 3.92. The molecular weight excluding hydrogens is 234 g/mol. The summed E-state index contributed by atoms with van der Waals surface area (Å²) >= 11 is 0. The first-order valence-electron chi connectivity index (χ1n) is 6.45. The fourth-order valence-corrected chi connectivity index (χ4v) is 2.87. The second kappa shape index (κ2) is 4.29. The van der Waals surface area contributed by atoms with Gasteiger partial charge in [-0.25, -0.2) is 0 Å². The van der Waals surface area contributed by atoms with Crippen molar-refractivity contribution in [3.63, 3.8) is 0 Å². The van der Waals surface area contributed by atoms with Crippen molar-refractivity contribution in [2.75, 3.05) is 13.2 Å². The summed E-state index contributed by atoms with van der Waals surface area (Å²) in [5, 5.41) is 18.5. The van der Waals surface area contributed by atoms with Crippen LogP contribution in [0, 0.1) is 0 Å². The molecule has 1 aromatic heterocycles. The predicted octanol–water partition coefficient (Wildman–Crippen LogP) is 0.406. The zero-order valence-corrected chi connectivity index (χ0v) is 10.6. The number of aryl methyl sites for hydroxylation is 1. The topological polar surface area (TPSA) is 69.4 Å². The Morgan fingerprint density at radius 2 is 1.94 bits per heavy atom. The number of aliphatic hydroxyl groups is 1. The highest BCUT2D eigenvalue weighted by Crippen LogP contribution is 2.41. The maximum Gasteiger partial charge on any atom is 0.168 e. The van der Waals surface area contributed by atoms with E-state index in [4.69, 9.17) is 9.47 Å². The third-order valence-corrected chi connectivity index (χ3v) is 3.92. The van der Waals surface area contributed by atoms with Gasteiger partial charge in [-0.2, -0.15) is 0 Å². The number of hydrogen-bond donors (Lipinski definition) is 1. The summed E-state index contributed by atoms with van der Waals surface area (Å²) in [6.45, 7) is 1.34. The van der Waals surface area contributed by atoms with Crippen LogP contribution in [0.2, 0.25) is 0 Å². The van der Waals surface area contributed by atoms with E-state index in [0.29, 0.717) is 32.5 Å². The number of ether oxygens (including phenoxy) is 2. The van der Waals surface area contributed by atoms with E-state index >= 15 is 0 Å². The lowest BCUT2D eigenvalue weighted by Crippen LogP contribution is -2.44. The predicted molar refractivity (Wildman–Crippen MR) is 62.8 cm³/mol. The Balaban J connectivity index is 1.63. The summed E-state index contributed by atoms with van der Waals surface area (Å²) in [5.41, 5.74) is 0.139. The van der Waals surface area contributed by atoms with Crippen molar-refractivity contribution in [1.29, 1.82) is 0 Å². The van der Waals surface area contributed by atoms with E-state index in [2.05, 4.69) is 10.3 Å². The summed E-state index contributed by atoms with van der Waals surface area (Å²) in [6, 6.07) is 0. The van der Waals surface area contributed by atoms with Crippen LogP contribution in [0.4, 0.5) is 0 Å². The van der Waals surface area contributed by atoms with Crippen LogP contribution in [0.1, 0.15) is 31.4 Å². The van der Waals surface area contributed by atoms with Gasteiger partial charge in [0, 0.05) is 32.5 Å². The highest BCUT2D eigenvalue weighted by Gasteiger charge is 2.45. The molecule has 2 fully saturated rings. The van der Waals surface area contributed by atoms with Crippen LogP contribution in [-0.4, -0.2) is 44.7 Å². The van der Waals surface area contributed by atoms with Gasteiger partial charge in [-0.1, -0.05) is 5.21 Å². The first-order chi connectivity index (χ1) is 8.59. The third kappa shape index (κ3) is 2.28. The van der Waals surface area contributed by atoms with E-state index in [0.717, 1.165) is 18.5 Å². The van der Waals surface area contributed by atoms with Crippen molar-refractivity contribution in [1.82, 2.24) is 15.0 Å². The molecule has 1 saturated carbocycles. The SMILES string of the molecule is Cn1cc(CC2(O)CCC3(CC2)OCCO3)nn1. The van der Waals surface area contributed by atoms with E-state index in [-0.39, 0.29) is 0 Å². The molecule has 0 amide bonds. The molecule has 0 radical (unpaired) electrons. The minimum Gasteiger partial charge on any atom is -0.389 e. The highest BCUT2D eigenvalue weighted by atomic mass is 16.7. The van der Waals surface area contributed by atoms with Crippen molar-refractivity contribution >= 4 is 0 Å². The van der Waals surface area contributed by atoms with Crippen LogP contribution < -0.4 is 0 Å². The molecule has 1 N–H and O–H groups in total. The molecule has 1 aliphatic heterocycles. The molecule has 0 unspecified atom stereocenters. The van der Waals surface area contributed by atoms with Crippen molar-refractivity contribution < 1.29 is 14.6 Å². The largest absolute Gasteiger partial charge is 0.389 e. The Labute approximate surface area is 106 Å². The number of nitrogens with zero attached hydrogens (tertiary/aromatic N) is 3. The fraction of sp³-hybridized carbons (Fsp3) is 0.833. The lowest BCUT2D eigenvalue weighted by atomic mass is 9.79. The molecule has 3 rings (SSSR count). The quantitative estimate of drug-likeness (QED) is 0.826. The van der Waals surface area contributed by atoms with Gasteiger partial charge in [0.2, 0.25) is 0 Å². The van der Waals surface area contributed by atoms with Gasteiger partial charge in [-0.15, -0.1) is 5.10 Å². The van der Waals surface area contributed by atoms with Gasteiger partial charge >= 0.3 is 0 Å². The number of rotatable bonds is 2. The molecule has 1 spiro atoms. The van der Waals surface area contributed by atoms with Gasteiger partial charge in [-0.05, 0) is 12.8 Å². The average Bonchev–Trinajstić information content (AvgIpc) is 2.94. The zero-order chi connectivity index (χ0) is 12.6. The van der Waals surface area contributed by atoms with Crippen molar-refractivity contribution in [3.05, 3.63) is 11.9 Å². The Hall–Kier alpha value is -0.980. The highest BCUT2D eigenvalue weighted by molar-refractivity contribution is 5.02. The van der Waals surface area contributed by atoms with Crippen LogP contribution in [0.5, 0.6) is 0 Å². The smallest absolute Gasteiger partial charge is 0.168 e. The van der Waals surface area contributed by atoms with Crippen LogP contribution in [0.3, 0.4) is 0 Å². The second-order valence-electron chi connectivity index (χ2n) is 5.39. The van der Waals surface area contributed by atoms with Gasteiger partial charge in [0.1, 0.15) is 0 Å². The van der Waals surface area contributed by atoms with E-state index in [1.807, 2.05) is 13.2 Å². The van der Waals surface area contributed by atoms with Crippen molar-refractivity contribution in [2.45, 2.75) is 43.5 Å². The van der Waals surface area contributed by atoms with E-state index < -0.39 is 11.4 Å². The standard InChI is InChI=1S/C12H19N3O3/c1-15-9-10(13-14-15)8-11(16)2-4-12(5-3-11)17-6-7-18-12/h9,16H,2-8H2,1H3. The van der Waals surface area contributed by atoms with Gasteiger partial charge in [0.25, 0.3) is 0 Å². The summed E-state index contributed by atoms with van der Waals surface area (Å²) in [7, 11) is 1.83. The maximum atomic E-state index is 10.6. The van der Waals surface area contributed by atoms with Crippen LogP contribution in [0.15, 0.2) is 6.20 Å². The summed E-state index contributed by atoms with van der Waals surface area (Å²) in [5.74, 6) is -0.422. The van der Waals surface area contributed by atoms with Gasteiger partial charge < -0.3 is 14.6 Å². The van der Waals surface area contributed by atoms with Gasteiger partial charge in [0.15, 0.2) is 5.79 Å². The summed E-state index contributed by atoms with van der Waals surface area (Å²) in [6.07, 6.45) is 5.28. The van der Waals surface area contributed by atoms with Crippen LogP contribution >= 0.6 is 0 Å². The van der Waals surface area contributed by atoms with E-state index in [1.165, 1.54) is 0 Å². The summed E-state index contributed by atoms with van der Waals surface area (Å²) in [4.78, 5) is 0. The van der Waals surface area contributed by atoms with Crippen molar-refractivity contribution in [3.8, 4) is 0 Å². The van der Waals surface area contributed by atoms with E-state index in [1.54, 1.807) is 4.68 Å². The summed E-state index contributed by atoms with van der Waals surface area (Å²) < 4.78 is 13.0. The monoisotopic (exact) mass is 253 g/mol. The minimum atomic E-state index is -0.698. The normalized spacial score (nSPS) is 25.7. The second-order valence-corrected chi connectivity index (χ2v) is 5.39. The molecule has 0 atom stereocenters. The van der Waals surface area contributed by atoms with Crippen molar-refractivity contribution in [2.24, 2.45) is 7.05 Å². The number of aromatic nitrogens is 3. The first-order valence-corrected chi connectivity index (χ1v) is 6.45. The lowest BCUT2D eigenvalue weighted by Gasteiger charge is -2.40. The molecule has 1 aliphatic carbocycles. The average molecular weight is 253 g/mol. The Morgan fingerprint density at radius 1 is 1.28 bits per heavy atom. The fourth-order valence-electron chi connectivity index (χ4n) is 2.87. The molecule has 0 bridgehead atoms. The molecule has 2 heterocycles. The molecule has 6 nitrogen and oxygen atoms in total. The molecule has 100 valence electrons. The molecule has 1 saturated heterocycles. The Bertz CT molecular complexity index is 416. The zero-order valence-electron chi connectivity index (χ0n) is 10.6. The Morgan fingerprint density at radius 3 is 2.50 bits per heavy atom. The molecular formula is C12H19N3O3.